The Kier molecular flexibility index (Phi) is 3.21. The second kappa shape index (κ2) is 5.01. The topological polar surface area (TPSA) is 74.2 Å². The standard InChI is InChI=1S/C14H17N3O2/c1-9-3-2-4-11(12(9)15)14-16-13(17-19-14)10-5-7-18-8-6-10/h2-4,10H,5-8,15H2,1H3. The minimum absolute atomic E-state index is 0.331. The summed E-state index contributed by atoms with van der Waals surface area (Å²) in [5.74, 6) is 1.60. The number of ether oxygens (including phenoxy) is 1. The molecule has 0 amide bonds. The van der Waals surface area contributed by atoms with Crippen molar-refractivity contribution in [1.82, 2.24) is 10.1 Å². The molecule has 5 heteroatoms. The molecule has 0 aliphatic carbocycles. The summed E-state index contributed by atoms with van der Waals surface area (Å²) in [6.07, 6.45) is 1.89. The Bertz CT molecular complexity index is 574. The zero-order valence-corrected chi connectivity index (χ0v) is 10.9. The average molecular weight is 259 g/mol. The molecule has 0 spiro atoms. The molecule has 0 saturated carbocycles. The van der Waals surface area contributed by atoms with Crippen molar-refractivity contribution < 1.29 is 9.26 Å². The molecular weight excluding hydrogens is 242 g/mol. The number of nitrogen functional groups attached to an aromatic ring is 1. The lowest BCUT2D eigenvalue weighted by atomic mass is 10.00. The van der Waals surface area contributed by atoms with Gasteiger partial charge in [0.25, 0.3) is 5.89 Å². The van der Waals surface area contributed by atoms with E-state index in [9.17, 15) is 0 Å². The molecule has 2 N–H and O–H groups in total. The SMILES string of the molecule is Cc1cccc(-c2nc(C3CCOCC3)no2)c1N. The summed E-state index contributed by atoms with van der Waals surface area (Å²) in [6, 6.07) is 5.82. The van der Waals surface area contributed by atoms with Crippen LogP contribution in [0.4, 0.5) is 5.69 Å². The Morgan fingerprint density at radius 2 is 2.05 bits per heavy atom. The van der Waals surface area contributed by atoms with Crippen molar-refractivity contribution in [2.24, 2.45) is 0 Å². The largest absolute Gasteiger partial charge is 0.398 e. The van der Waals surface area contributed by atoms with Gasteiger partial charge in [-0.2, -0.15) is 4.98 Å². The number of hydrogen-bond acceptors (Lipinski definition) is 5. The molecule has 1 aromatic carbocycles. The van der Waals surface area contributed by atoms with Gasteiger partial charge < -0.3 is 15.0 Å². The van der Waals surface area contributed by atoms with Crippen LogP contribution >= 0.6 is 0 Å². The van der Waals surface area contributed by atoms with E-state index in [-0.39, 0.29) is 0 Å². The highest BCUT2D eigenvalue weighted by Crippen LogP contribution is 2.30. The average Bonchev–Trinajstić information content (AvgIpc) is 2.92. The van der Waals surface area contributed by atoms with Gasteiger partial charge in [0.2, 0.25) is 0 Å². The number of rotatable bonds is 2. The van der Waals surface area contributed by atoms with E-state index in [2.05, 4.69) is 10.1 Å². The predicted molar refractivity (Wildman–Crippen MR) is 71.7 cm³/mol. The third-order valence-electron chi connectivity index (χ3n) is 3.58. The van der Waals surface area contributed by atoms with E-state index in [4.69, 9.17) is 15.0 Å². The van der Waals surface area contributed by atoms with Crippen molar-refractivity contribution in [3.63, 3.8) is 0 Å². The Balaban J connectivity index is 1.90. The number of aryl methyl sites for hydroxylation is 1. The minimum atomic E-state index is 0.331. The van der Waals surface area contributed by atoms with Crippen molar-refractivity contribution in [1.29, 1.82) is 0 Å². The number of anilines is 1. The highest BCUT2D eigenvalue weighted by molar-refractivity contribution is 5.73. The summed E-state index contributed by atoms with van der Waals surface area (Å²) >= 11 is 0. The van der Waals surface area contributed by atoms with Crippen LogP contribution in [0.1, 0.15) is 30.1 Å². The first-order valence-electron chi connectivity index (χ1n) is 6.52. The van der Waals surface area contributed by atoms with E-state index in [1.807, 2.05) is 25.1 Å². The van der Waals surface area contributed by atoms with Crippen molar-refractivity contribution in [2.75, 3.05) is 18.9 Å². The van der Waals surface area contributed by atoms with Crippen LogP contribution in [0.15, 0.2) is 22.7 Å². The number of nitrogens with zero attached hydrogens (tertiary/aromatic N) is 2. The highest BCUT2D eigenvalue weighted by atomic mass is 16.5. The maximum atomic E-state index is 6.05. The molecule has 2 aromatic rings. The lowest BCUT2D eigenvalue weighted by Crippen LogP contribution is -2.15. The summed E-state index contributed by atoms with van der Waals surface area (Å²) < 4.78 is 10.7. The molecule has 0 bridgehead atoms. The molecule has 0 unspecified atom stereocenters. The van der Waals surface area contributed by atoms with Crippen LogP contribution in [0, 0.1) is 6.92 Å². The van der Waals surface area contributed by atoms with Gasteiger partial charge in [0.05, 0.1) is 5.56 Å². The number of hydrogen-bond donors (Lipinski definition) is 1. The molecule has 2 heterocycles. The van der Waals surface area contributed by atoms with E-state index in [1.54, 1.807) is 0 Å². The molecule has 1 saturated heterocycles. The summed E-state index contributed by atoms with van der Waals surface area (Å²) in [4.78, 5) is 4.49. The molecule has 19 heavy (non-hydrogen) atoms. The fourth-order valence-electron chi connectivity index (χ4n) is 2.33. The second-order valence-electron chi connectivity index (χ2n) is 4.88. The quantitative estimate of drug-likeness (QED) is 0.839. The number of para-hydroxylation sites is 1. The third-order valence-corrected chi connectivity index (χ3v) is 3.58. The maximum absolute atomic E-state index is 6.05. The summed E-state index contributed by atoms with van der Waals surface area (Å²) in [7, 11) is 0. The van der Waals surface area contributed by atoms with Gasteiger partial charge in [0.1, 0.15) is 0 Å². The van der Waals surface area contributed by atoms with Gasteiger partial charge >= 0.3 is 0 Å². The fourth-order valence-corrected chi connectivity index (χ4v) is 2.33. The van der Waals surface area contributed by atoms with Gasteiger partial charge in [-0.15, -0.1) is 0 Å². The van der Waals surface area contributed by atoms with Gasteiger partial charge in [-0.25, -0.2) is 0 Å². The van der Waals surface area contributed by atoms with Crippen LogP contribution in [0.3, 0.4) is 0 Å². The van der Waals surface area contributed by atoms with Crippen LogP contribution < -0.4 is 5.73 Å². The molecule has 5 nitrogen and oxygen atoms in total. The van der Waals surface area contributed by atoms with Crippen LogP contribution in [-0.4, -0.2) is 23.4 Å². The molecule has 1 aliphatic heterocycles. The monoisotopic (exact) mass is 259 g/mol. The molecule has 1 aliphatic rings. The molecule has 0 radical (unpaired) electrons. The predicted octanol–water partition coefficient (Wildman–Crippen LogP) is 2.52. The third kappa shape index (κ3) is 2.33. The van der Waals surface area contributed by atoms with Gasteiger partial charge in [-0.1, -0.05) is 17.3 Å². The van der Waals surface area contributed by atoms with E-state index < -0.39 is 0 Å². The number of aromatic nitrogens is 2. The van der Waals surface area contributed by atoms with E-state index in [0.29, 0.717) is 17.5 Å². The van der Waals surface area contributed by atoms with Crippen molar-refractivity contribution >= 4 is 5.69 Å². The molecule has 100 valence electrons. The lowest BCUT2D eigenvalue weighted by molar-refractivity contribution is 0.0830. The molecular formula is C14H17N3O2. The van der Waals surface area contributed by atoms with E-state index in [0.717, 1.165) is 43.0 Å². The minimum Gasteiger partial charge on any atom is -0.398 e. The van der Waals surface area contributed by atoms with Crippen molar-refractivity contribution in [3.05, 3.63) is 29.6 Å². The normalized spacial score (nSPS) is 16.7. The first kappa shape index (κ1) is 12.2. The Labute approximate surface area is 111 Å². The van der Waals surface area contributed by atoms with Gasteiger partial charge in [-0.05, 0) is 31.4 Å². The van der Waals surface area contributed by atoms with Gasteiger partial charge in [0.15, 0.2) is 5.82 Å². The van der Waals surface area contributed by atoms with E-state index >= 15 is 0 Å². The molecule has 1 aromatic heterocycles. The summed E-state index contributed by atoms with van der Waals surface area (Å²) in [6.45, 7) is 3.50. The smallest absolute Gasteiger partial charge is 0.260 e. The summed E-state index contributed by atoms with van der Waals surface area (Å²) in [5, 5.41) is 4.09. The Morgan fingerprint density at radius 1 is 1.26 bits per heavy atom. The number of benzene rings is 1. The first-order valence-corrected chi connectivity index (χ1v) is 6.52. The van der Waals surface area contributed by atoms with E-state index in [1.165, 1.54) is 0 Å². The van der Waals surface area contributed by atoms with Crippen LogP contribution in [-0.2, 0) is 4.74 Å². The Hall–Kier alpha value is -1.88. The lowest BCUT2D eigenvalue weighted by Gasteiger charge is -2.18. The van der Waals surface area contributed by atoms with Gasteiger partial charge in [-0.3, -0.25) is 0 Å². The van der Waals surface area contributed by atoms with Crippen molar-refractivity contribution in [3.8, 4) is 11.5 Å². The van der Waals surface area contributed by atoms with Crippen LogP contribution in [0.2, 0.25) is 0 Å². The zero-order valence-electron chi connectivity index (χ0n) is 10.9. The van der Waals surface area contributed by atoms with Gasteiger partial charge in [0, 0.05) is 24.8 Å². The zero-order chi connectivity index (χ0) is 13.2. The van der Waals surface area contributed by atoms with Crippen LogP contribution in [0.25, 0.3) is 11.5 Å². The molecule has 0 atom stereocenters. The Morgan fingerprint density at radius 3 is 2.84 bits per heavy atom. The first-order chi connectivity index (χ1) is 9.25. The van der Waals surface area contributed by atoms with Crippen LogP contribution in [0.5, 0.6) is 0 Å². The number of nitrogens with two attached hydrogens (primary N) is 1. The van der Waals surface area contributed by atoms with Crippen molar-refractivity contribution in [2.45, 2.75) is 25.7 Å². The highest BCUT2D eigenvalue weighted by Gasteiger charge is 2.22. The fraction of sp³-hybridized carbons (Fsp3) is 0.429. The second-order valence-corrected chi connectivity index (χ2v) is 4.88. The summed E-state index contributed by atoms with van der Waals surface area (Å²) in [5.41, 5.74) is 8.58. The molecule has 3 rings (SSSR count). The molecule has 1 fully saturated rings. The maximum Gasteiger partial charge on any atom is 0.260 e.